The van der Waals surface area contributed by atoms with Gasteiger partial charge in [-0.3, -0.25) is 19.7 Å². The van der Waals surface area contributed by atoms with E-state index in [2.05, 4.69) is 15.5 Å². The Morgan fingerprint density at radius 3 is 2.52 bits per heavy atom. The molecule has 31 heavy (non-hydrogen) atoms. The molecule has 0 radical (unpaired) electrons. The third kappa shape index (κ3) is 4.66. The number of ether oxygens (including phenoxy) is 1. The first kappa shape index (κ1) is 21.2. The summed E-state index contributed by atoms with van der Waals surface area (Å²) >= 11 is 0. The number of hydrogen-bond donors (Lipinski definition) is 3. The molecule has 2 heterocycles. The molecule has 2 aliphatic heterocycles. The van der Waals surface area contributed by atoms with E-state index < -0.39 is 12.0 Å². The first-order chi connectivity index (χ1) is 15.0. The van der Waals surface area contributed by atoms with Gasteiger partial charge in [0.05, 0.1) is 19.2 Å². The van der Waals surface area contributed by atoms with Crippen LogP contribution in [0.1, 0.15) is 28.4 Å². The Morgan fingerprint density at radius 1 is 1.06 bits per heavy atom. The molecule has 162 valence electrons. The fraction of sp³-hybridized carbons (Fsp3) is 0.348. The van der Waals surface area contributed by atoms with Crippen molar-refractivity contribution in [3.8, 4) is 0 Å². The highest BCUT2D eigenvalue weighted by atomic mass is 16.5. The molecule has 0 aromatic heterocycles. The molecule has 4 N–H and O–H groups in total. The summed E-state index contributed by atoms with van der Waals surface area (Å²) in [6.45, 7) is 2.32. The van der Waals surface area contributed by atoms with Gasteiger partial charge in [0.25, 0.3) is 0 Å². The van der Waals surface area contributed by atoms with Gasteiger partial charge in [0.2, 0.25) is 5.91 Å². The molecule has 2 fully saturated rings. The maximum Gasteiger partial charge on any atom is 0.224 e. The molecule has 0 bridgehead atoms. The maximum atomic E-state index is 13.1. The van der Waals surface area contributed by atoms with Crippen LogP contribution in [0.5, 0.6) is 0 Å². The van der Waals surface area contributed by atoms with Gasteiger partial charge in [0.1, 0.15) is 12.1 Å². The zero-order chi connectivity index (χ0) is 21.8. The van der Waals surface area contributed by atoms with Crippen molar-refractivity contribution in [1.82, 2.24) is 10.6 Å². The molecule has 0 saturated carbocycles. The number of benzene rings is 2. The molecule has 3 atom stereocenters. The predicted octanol–water partition coefficient (Wildman–Crippen LogP) is 0.779. The molecule has 0 aliphatic carbocycles. The van der Waals surface area contributed by atoms with E-state index in [4.69, 9.17) is 10.5 Å². The summed E-state index contributed by atoms with van der Waals surface area (Å²) < 4.78 is 5.49. The Hall–Kier alpha value is -3.07. The summed E-state index contributed by atoms with van der Waals surface area (Å²) in [5, 5.41) is 6.46. The van der Waals surface area contributed by atoms with E-state index in [9.17, 15) is 14.4 Å². The van der Waals surface area contributed by atoms with Crippen LogP contribution in [0.15, 0.2) is 54.6 Å². The van der Waals surface area contributed by atoms with Crippen LogP contribution in [0.25, 0.3) is 0 Å². The second kappa shape index (κ2) is 9.38. The van der Waals surface area contributed by atoms with Crippen LogP contribution >= 0.6 is 0 Å². The first-order valence-electron chi connectivity index (χ1n) is 10.4. The number of carbonyl (C=O) groups is 3. The number of primary amides is 1. The summed E-state index contributed by atoms with van der Waals surface area (Å²) in [5.41, 5.74) is 7.67. The standard InChI is InChI=1S/C23H26N4O4/c24-20(29)12-19(28)23-21(26-14-31-23)15-6-8-17(9-7-15)27-11-10-25-13-18(27)22(30)16-4-2-1-3-5-16/h1-9,18,21,23,25-26H,10-14H2,(H2,24,29). The molecule has 4 rings (SSSR count). The van der Waals surface area contributed by atoms with E-state index >= 15 is 0 Å². The van der Waals surface area contributed by atoms with Gasteiger partial charge in [-0.1, -0.05) is 42.5 Å². The summed E-state index contributed by atoms with van der Waals surface area (Å²) in [4.78, 5) is 38.6. The Bertz CT molecular complexity index is 948. The molecule has 8 nitrogen and oxygen atoms in total. The van der Waals surface area contributed by atoms with Crippen LogP contribution in [0.3, 0.4) is 0 Å². The number of nitrogens with zero attached hydrogens (tertiary/aromatic N) is 1. The van der Waals surface area contributed by atoms with E-state index in [1.165, 1.54) is 0 Å². The van der Waals surface area contributed by atoms with Gasteiger partial charge < -0.3 is 20.7 Å². The second-order valence-corrected chi connectivity index (χ2v) is 7.76. The number of Topliss-reactive ketones (excluding diaryl/α,β-unsaturated/α-hetero) is 2. The van der Waals surface area contributed by atoms with Crippen molar-refractivity contribution in [2.45, 2.75) is 24.6 Å². The summed E-state index contributed by atoms with van der Waals surface area (Å²) in [6.07, 6.45) is -1.09. The quantitative estimate of drug-likeness (QED) is 0.446. The monoisotopic (exact) mass is 422 g/mol. The van der Waals surface area contributed by atoms with Crippen LogP contribution in [-0.4, -0.2) is 56.0 Å². The third-order valence-electron chi connectivity index (χ3n) is 5.72. The predicted molar refractivity (Wildman–Crippen MR) is 116 cm³/mol. The summed E-state index contributed by atoms with van der Waals surface area (Å²) in [5.74, 6) is -0.913. The number of piperazine rings is 1. The van der Waals surface area contributed by atoms with Gasteiger partial charge in [-0.05, 0) is 17.7 Å². The highest BCUT2D eigenvalue weighted by Gasteiger charge is 2.35. The Morgan fingerprint density at radius 2 is 1.81 bits per heavy atom. The molecular weight excluding hydrogens is 396 g/mol. The highest BCUT2D eigenvalue weighted by molar-refractivity contribution is 6.02. The van der Waals surface area contributed by atoms with Crippen LogP contribution in [0.2, 0.25) is 0 Å². The number of amides is 1. The number of anilines is 1. The molecule has 2 aromatic carbocycles. The van der Waals surface area contributed by atoms with Crippen molar-refractivity contribution >= 4 is 23.2 Å². The molecule has 2 aromatic rings. The van der Waals surface area contributed by atoms with Crippen molar-refractivity contribution in [3.05, 3.63) is 65.7 Å². The Labute approximate surface area is 180 Å². The van der Waals surface area contributed by atoms with Gasteiger partial charge >= 0.3 is 0 Å². The molecule has 0 spiro atoms. The van der Waals surface area contributed by atoms with Crippen LogP contribution < -0.4 is 21.3 Å². The SMILES string of the molecule is NC(=O)CC(=O)C1OCNC1c1ccc(N2CCNCC2C(=O)c2ccccc2)cc1. The number of nitrogens with two attached hydrogens (primary N) is 1. The van der Waals surface area contributed by atoms with E-state index in [-0.39, 0.29) is 36.8 Å². The fourth-order valence-corrected chi connectivity index (χ4v) is 4.19. The molecule has 8 heteroatoms. The first-order valence-corrected chi connectivity index (χ1v) is 10.4. The number of rotatable bonds is 7. The average Bonchev–Trinajstić information content (AvgIpc) is 3.29. The zero-order valence-electron chi connectivity index (χ0n) is 17.1. The lowest BCUT2D eigenvalue weighted by Gasteiger charge is -2.37. The number of ketones is 2. The number of nitrogens with one attached hydrogen (secondary N) is 2. The number of carbonyl (C=O) groups excluding carboxylic acids is 3. The Kier molecular flexibility index (Phi) is 6.41. The lowest BCUT2D eigenvalue weighted by Crippen LogP contribution is -2.55. The maximum absolute atomic E-state index is 13.1. The van der Waals surface area contributed by atoms with Crippen LogP contribution in [0.4, 0.5) is 5.69 Å². The minimum absolute atomic E-state index is 0.0832. The van der Waals surface area contributed by atoms with Gasteiger partial charge in [-0.15, -0.1) is 0 Å². The van der Waals surface area contributed by atoms with Gasteiger partial charge in [0, 0.05) is 30.9 Å². The molecule has 2 saturated heterocycles. The lowest BCUT2D eigenvalue weighted by molar-refractivity contribution is -0.132. The van der Waals surface area contributed by atoms with E-state index in [0.29, 0.717) is 18.7 Å². The highest BCUT2D eigenvalue weighted by Crippen LogP contribution is 2.28. The largest absolute Gasteiger partial charge is 0.369 e. The molecule has 3 unspecified atom stereocenters. The van der Waals surface area contributed by atoms with Crippen LogP contribution in [-0.2, 0) is 14.3 Å². The lowest BCUT2D eigenvalue weighted by atomic mass is 9.96. The van der Waals surface area contributed by atoms with Gasteiger partial charge in [0.15, 0.2) is 11.6 Å². The second-order valence-electron chi connectivity index (χ2n) is 7.76. The van der Waals surface area contributed by atoms with Crippen molar-refractivity contribution in [3.63, 3.8) is 0 Å². The van der Waals surface area contributed by atoms with E-state index in [0.717, 1.165) is 17.8 Å². The van der Waals surface area contributed by atoms with Crippen LogP contribution in [0, 0.1) is 0 Å². The Balaban J connectivity index is 1.52. The van der Waals surface area contributed by atoms with Crippen molar-refractivity contribution in [1.29, 1.82) is 0 Å². The topological polar surface area (TPSA) is 114 Å². The smallest absolute Gasteiger partial charge is 0.224 e. The number of hydrogen-bond acceptors (Lipinski definition) is 7. The minimum atomic E-state index is -0.745. The van der Waals surface area contributed by atoms with Crippen molar-refractivity contribution in [2.75, 3.05) is 31.3 Å². The fourth-order valence-electron chi connectivity index (χ4n) is 4.19. The average molecular weight is 422 g/mol. The molecule has 1 amide bonds. The molecular formula is C23H26N4O4. The van der Waals surface area contributed by atoms with E-state index in [1.807, 2.05) is 54.6 Å². The summed E-state index contributed by atoms with van der Waals surface area (Å²) in [7, 11) is 0. The van der Waals surface area contributed by atoms with Gasteiger partial charge in [-0.2, -0.15) is 0 Å². The zero-order valence-corrected chi connectivity index (χ0v) is 17.1. The summed E-state index contributed by atoms with van der Waals surface area (Å²) in [6, 6.07) is 16.5. The van der Waals surface area contributed by atoms with E-state index in [1.54, 1.807) is 0 Å². The minimum Gasteiger partial charge on any atom is -0.369 e. The molecule has 2 aliphatic rings. The normalized spacial score (nSPS) is 23.5. The van der Waals surface area contributed by atoms with Crippen molar-refractivity contribution in [2.24, 2.45) is 5.73 Å². The van der Waals surface area contributed by atoms with Gasteiger partial charge in [-0.25, -0.2) is 0 Å². The van der Waals surface area contributed by atoms with Crippen molar-refractivity contribution < 1.29 is 19.1 Å². The third-order valence-corrected chi connectivity index (χ3v) is 5.72.